The van der Waals surface area contributed by atoms with Crippen LogP contribution in [-0.2, 0) is 4.74 Å². The monoisotopic (exact) mass is 359 g/mol. The molecule has 0 bridgehead atoms. The molecule has 0 aromatic rings. The lowest BCUT2D eigenvalue weighted by Crippen LogP contribution is -2.44. The summed E-state index contributed by atoms with van der Waals surface area (Å²) in [5.41, 5.74) is 0. The number of thioether (sulfide) groups is 2. The fraction of sp³-hybridized carbons (Fsp3) is 0.941. The van der Waals surface area contributed by atoms with Crippen LogP contribution >= 0.6 is 23.5 Å². The third-order valence-corrected chi connectivity index (χ3v) is 7.47. The number of hydrogen-bond acceptors (Lipinski definition) is 4. The van der Waals surface area contributed by atoms with E-state index in [1.54, 1.807) is 0 Å². The first-order valence-electron chi connectivity index (χ1n) is 9.00. The van der Waals surface area contributed by atoms with Crippen LogP contribution < -0.4 is 10.6 Å². The molecule has 2 unspecified atom stereocenters. The van der Waals surface area contributed by atoms with Crippen molar-refractivity contribution in [3.05, 3.63) is 0 Å². The van der Waals surface area contributed by atoms with Gasteiger partial charge in [-0.15, -0.1) is 0 Å². The minimum Gasteiger partial charge on any atom is -0.381 e. The van der Waals surface area contributed by atoms with Crippen molar-refractivity contribution in [2.75, 3.05) is 38.3 Å². The lowest BCUT2D eigenvalue weighted by molar-refractivity contribution is 0.0794. The molecular formula is C17H33N3OS2. The summed E-state index contributed by atoms with van der Waals surface area (Å²) in [6.07, 6.45) is 8.30. The zero-order valence-electron chi connectivity index (χ0n) is 14.9. The van der Waals surface area contributed by atoms with Gasteiger partial charge in [0.1, 0.15) is 0 Å². The standard InChI is InChI=1S/C17H33N3OS2/c1-4-18-16(20-14-6-7-15(12-14)23-5-2)19-13-17(22-3)8-10-21-11-9-17/h14-15H,4-13H2,1-3H3,(H2,18,19,20). The quantitative estimate of drug-likeness (QED) is 0.540. The maximum Gasteiger partial charge on any atom is 0.191 e. The van der Waals surface area contributed by atoms with E-state index in [-0.39, 0.29) is 4.75 Å². The molecule has 2 rings (SSSR count). The number of nitrogens with one attached hydrogen (secondary N) is 2. The van der Waals surface area contributed by atoms with E-state index in [0.29, 0.717) is 6.04 Å². The molecule has 0 radical (unpaired) electrons. The Morgan fingerprint density at radius 3 is 2.70 bits per heavy atom. The number of nitrogens with zero attached hydrogens (tertiary/aromatic N) is 1. The van der Waals surface area contributed by atoms with Crippen LogP contribution in [0.15, 0.2) is 4.99 Å². The molecule has 1 aliphatic heterocycles. The van der Waals surface area contributed by atoms with Crippen LogP contribution in [0.2, 0.25) is 0 Å². The Labute approximate surface area is 150 Å². The van der Waals surface area contributed by atoms with Gasteiger partial charge in [-0.05, 0) is 51.0 Å². The summed E-state index contributed by atoms with van der Waals surface area (Å²) in [7, 11) is 0. The number of aliphatic imine (C=N–C) groups is 1. The highest BCUT2D eigenvalue weighted by atomic mass is 32.2. The molecule has 2 fully saturated rings. The van der Waals surface area contributed by atoms with Crippen LogP contribution in [0.25, 0.3) is 0 Å². The molecule has 2 N–H and O–H groups in total. The zero-order chi connectivity index (χ0) is 16.5. The van der Waals surface area contributed by atoms with E-state index in [1.165, 1.54) is 25.0 Å². The lowest BCUT2D eigenvalue weighted by atomic mass is 9.99. The summed E-state index contributed by atoms with van der Waals surface area (Å²) >= 11 is 4.06. The molecular weight excluding hydrogens is 326 g/mol. The number of ether oxygens (including phenoxy) is 1. The molecule has 0 spiro atoms. The number of guanidine groups is 1. The van der Waals surface area contributed by atoms with E-state index in [4.69, 9.17) is 9.73 Å². The van der Waals surface area contributed by atoms with E-state index < -0.39 is 0 Å². The SMILES string of the molecule is CCNC(=NCC1(SC)CCOCC1)NC1CCC(SCC)C1. The molecule has 1 aliphatic carbocycles. The van der Waals surface area contributed by atoms with E-state index in [2.05, 4.69) is 42.5 Å². The second-order valence-electron chi connectivity index (χ2n) is 6.43. The lowest BCUT2D eigenvalue weighted by Gasteiger charge is -2.34. The van der Waals surface area contributed by atoms with Gasteiger partial charge in [0.25, 0.3) is 0 Å². The Hall–Kier alpha value is -0.0700. The maximum atomic E-state index is 5.53. The molecule has 2 aliphatic rings. The van der Waals surface area contributed by atoms with E-state index in [9.17, 15) is 0 Å². The molecule has 0 aromatic heterocycles. The molecule has 23 heavy (non-hydrogen) atoms. The van der Waals surface area contributed by atoms with Gasteiger partial charge < -0.3 is 15.4 Å². The van der Waals surface area contributed by atoms with Crippen molar-refractivity contribution >= 4 is 29.5 Å². The van der Waals surface area contributed by atoms with Gasteiger partial charge in [-0.25, -0.2) is 0 Å². The first-order valence-corrected chi connectivity index (χ1v) is 11.3. The van der Waals surface area contributed by atoms with Gasteiger partial charge >= 0.3 is 0 Å². The zero-order valence-corrected chi connectivity index (χ0v) is 16.5. The summed E-state index contributed by atoms with van der Waals surface area (Å²) in [5, 5.41) is 7.93. The highest BCUT2D eigenvalue weighted by Gasteiger charge is 2.32. The van der Waals surface area contributed by atoms with Crippen LogP contribution in [0.1, 0.15) is 46.0 Å². The largest absolute Gasteiger partial charge is 0.381 e. The maximum absolute atomic E-state index is 5.53. The summed E-state index contributed by atoms with van der Waals surface area (Å²) in [6.45, 7) is 7.94. The Morgan fingerprint density at radius 1 is 1.26 bits per heavy atom. The molecule has 0 aromatic carbocycles. The van der Waals surface area contributed by atoms with Crippen molar-refractivity contribution in [2.45, 2.75) is 62.0 Å². The first kappa shape index (κ1) is 19.3. The third kappa shape index (κ3) is 6.05. The molecule has 2 atom stereocenters. The van der Waals surface area contributed by atoms with E-state index in [0.717, 1.165) is 50.4 Å². The Kier molecular flexibility index (Phi) is 8.41. The van der Waals surface area contributed by atoms with Gasteiger partial charge in [0.05, 0.1) is 6.54 Å². The van der Waals surface area contributed by atoms with Gasteiger partial charge in [-0.2, -0.15) is 23.5 Å². The fourth-order valence-corrected chi connectivity index (χ4v) is 5.28. The average Bonchev–Trinajstić information content (AvgIpc) is 3.01. The normalized spacial score (nSPS) is 27.9. The minimum absolute atomic E-state index is 0.261. The fourth-order valence-electron chi connectivity index (χ4n) is 3.36. The van der Waals surface area contributed by atoms with Crippen LogP contribution in [-0.4, -0.2) is 60.3 Å². The summed E-state index contributed by atoms with van der Waals surface area (Å²) < 4.78 is 5.79. The molecule has 4 nitrogen and oxygen atoms in total. The molecule has 1 saturated heterocycles. The molecule has 0 amide bonds. The number of rotatable bonds is 7. The highest BCUT2D eigenvalue weighted by molar-refractivity contribution is 8.00. The minimum atomic E-state index is 0.261. The summed E-state index contributed by atoms with van der Waals surface area (Å²) in [4.78, 5) is 4.93. The van der Waals surface area contributed by atoms with Crippen LogP contribution in [0, 0.1) is 0 Å². The van der Waals surface area contributed by atoms with Crippen LogP contribution in [0.3, 0.4) is 0 Å². The van der Waals surface area contributed by atoms with E-state index >= 15 is 0 Å². The van der Waals surface area contributed by atoms with Crippen molar-refractivity contribution < 1.29 is 4.74 Å². The molecule has 1 heterocycles. The number of hydrogen-bond donors (Lipinski definition) is 2. The van der Waals surface area contributed by atoms with Crippen molar-refractivity contribution in [1.82, 2.24) is 10.6 Å². The first-order chi connectivity index (χ1) is 11.2. The Balaban J connectivity index is 1.89. The van der Waals surface area contributed by atoms with Gasteiger partial charge in [-0.3, -0.25) is 4.99 Å². The second-order valence-corrected chi connectivity index (χ2v) is 9.28. The molecule has 134 valence electrons. The van der Waals surface area contributed by atoms with Gasteiger partial charge in [-0.1, -0.05) is 6.92 Å². The third-order valence-electron chi connectivity index (χ3n) is 4.83. The highest BCUT2D eigenvalue weighted by Crippen LogP contribution is 2.34. The molecule has 6 heteroatoms. The van der Waals surface area contributed by atoms with Gasteiger partial charge in [0.15, 0.2) is 5.96 Å². The topological polar surface area (TPSA) is 45.7 Å². The van der Waals surface area contributed by atoms with Gasteiger partial charge in [0.2, 0.25) is 0 Å². The summed E-state index contributed by atoms with van der Waals surface area (Å²) in [6, 6.07) is 0.580. The van der Waals surface area contributed by atoms with Crippen LogP contribution in [0.4, 0.5) is 0 Å². The second kappa shape index (κ2) is 10.0. The predicted molar refractivity (Wildman–Crippen MR) is 105 cm³/mol. The van der Waals surface area contributed by atoms with Crippen molar-refractivity contribution in [2.24, 2.45) is 4.99 Å². The predicted octanol–water partition coefficient (Wildman–Crippen LogP) is 3.13. The van der Waals surface area contributed by atoms with Crippen LogP contribution in [0.5, 0.6) is 0 Å². The van der Waals surface area contributed by atoms with Gasteiger partial charge in [0, 0.05) is 35.8 Å². The summed E-state index contributed by atoms with van der Waals surface area (Å²) in [5.74, 6) is 2.23. The van der Waals surface area contributed by atoms with Crippen molar-refractivity contribution in [3.63, 3.8) is 0 Å². The van der Waals surface area contributed by atoms with Crippen molar-refractivity contribution in [3.8, 4) is 0 Å². The Morgan fingerprint density at radius 2 is 2.04 bits per heavy atom. The Bertz CT molecular complexity index is 373. The van der Waals surface area contributed by atoms with Crippen molar-refractivity contribution in [1.29, 1.82) is 0 Å². The van der Waals surface area contributed by atoms with E-state index in [1.807, 2.05) is 11.8 Å². The average molecular weight is 360 g/mol. The smallest absolute Gasteiger partial charge is 0.191 e. The molecule has 1 saturated carbocycles.